The minimum absolute atomic E-state index is 0.0638. The van der Waals surface area contributed by atoms with Crippen molar-refractivity contribution in [2.45, 2.75) is 24.5 Å². The fraction of sp³-hybridized carbons (Fsp3) is 0.267. The van der Waals surface area contributed by atoms with E-state index in [1.54, 1.807) is 36.7 Å². The van der Waals surface area contributed by atoms with Crippen molar-refractivity contribution in [1.82, 2.24) is 15.0 Å². The van der Waals surface area contributed by atoms with Gasteiger partial charge in [-0.05, 0) is 43.5 Å². The third kappa shape index (κ3) is 3.30. The van der Waals surface area contributed by atoms with Crippen LogP contribution in [0.25, 0.3) is 5.69 Å². The second-order valence-electron chi connectivity index (χ2n) is 5.40. The molecule has 0 saturated heterocycles. The van der Waals surface area contributed by atoms with Gasteiger partial charge >= 0.3 is 5.97 Å². The summed E-state index contributed by atoms with van der Waals surface area (Å²) in [6.45, 7) is 0. The normalized spacial score (nSPS) is 18.0. The van der Waals surface area contributed by atoms with Crippen LogP contribution in [0.1, 0.15) is 19.3 Å². The van der Waals surface area contributed by atoms with Crippen molar-refractivity contribution in [3.8, 4) is 5.69 Å². The number of aromatic nitrogens is 3. The number of rotatable bonds is 5. The summed E-state index contributed by atoms with van der Waals surface area (Å²) in [5.74, 6) is -1.19. The summed E-state index contributed by atoms with van der Waals surface area (Å²) < 4.78 is 27.5. The average Bonchev–Trinajstić information content (AvgIpc) is 3.10. The Kier molecular flexibility index (Phi) is 4.34. The Morgan fingerprint density at radius 3 is 2.50 bits per heavy atom. The van der Waals surface area contributed by atoms with Crippen molar-refractivity contribution < 1.29 is 18.3 Å². The molecule has 1 aromatic heterocycles. The maximum atomic E-state index is 12.5. The molecule has 1 atom stereocenters. The molecule has 126 valence electrons. The number of carboxylic acids is 1. The van der Waals surface area contributed by atoms with Gasteiger partial charge in [0.15, 0.2) is 0 Å². The maximum absolute atomic E-state index is 12.5. The predicted molar refractivity (Wildman–Crippen MR) is 87.3 cm³/mol. The highest BCUT2D eigenvalue weighted by atomic mass is 32.2. The Morgan fingerprint density at radius 2 is 1.88 bits per heavy atom. The van der Waals surface area contributed by atoms with Gasteiger partial charge in [0, 0.05) is 5.69 Å². The van der Waals surface area contributed by atoms with E-state index in [9.17, 15) is 18.3 Å². The summed E-state index contributed by atoms with van der Waals surface area (Å²) in [5.41, 5.74) is 0.985. The molecule has 24 heavy (non-hydrogen) atoms. The number of hydrogen-bond acceptors (Lipinski definition) is 5. The molecule has 0 amide bonds. The maximum Gasteiger partial charge on any atom is 0.332 e. The first kappa shape index (κ1) is 16.2. The van der Waals surface area contributed by atoms with Crippen LogP contribution in [0.5, 0.6) is 0 Å². The van der Waals surface area contributed by atoms with Gasteiger partial charge in [0.1, 0.15) is 5.25 Å². The molecular formula is C15H16N4O4S. The number of carbonyl (C=O) groups is 1. The van der Waals surface area contributed by atoms with Crippen molar-refractivity contribution in [3.63, 3.8) is 0 Å². The van der Waals surface area contributed by atoms with E-state index in [-0.39, 0.29) is 5.57 Å². The molecule has 8 nitrogen and oxygen atoms in total. The van der Waals surface area contributed by atoms with Crippen LogP contribution < -0.4 is 4.72 Å². The SMILES string of the molecule is O=C(O)C1=CCCCC1S(=O)(=O)Nc1ccc(-n2nccn2)cc1. The molecule has 9 heteroatoms. The zero-order valence-electron chi connectivity index (χ0n) is 12.7. The van der Waals surface area contributed by atoms with E-state index < -0.39 is 21.2 Å². The van der Waals surface area contributed by atoms with Gasteiger partial charge in [0.2, 0.25) is 10.0 Å². The van der Waals surface area contributed by atoms with E-state index in [4.69, 9.17) is 0 Å². The molecule has 0 radical (unpaired) electrons. The van der Waals surface area contributed by atoms with Crippen LogP contribution in [0.4, 0.5) is 5.69 Å². The van der Waals surface area contributed by atoms with Crippen LogP contribution in [0.2, 0.25) is 0 Å². The van der Waals surface area contributed by atoms with Gasteiger partial charge in [-0.25, -0.2) is 13.2 Å². The standard InChI is InChI=1S/C15H16N4O4S/c20-15(21)13-3-1-2-4-14(13)24(22,23)18-11-5-7-12(8-6-11)19-16-9-10-17-19/h3,5-10,14,18H,1-2,4H2,(H,20,21). The quantitative estimate of drug-likeness (QED) is 0.848. The van der Waals surface area contributed by atoms with Crippen LogP contribution in [-0.4, -0.2) is 39.7 Å². The Morgan fingerprint density at radius 1 is 1.21 bits per heavy atom. The summed E-state index contributed by atoms with van der Waals surface area (Å²) in [6.07, 6.45) is 6.09. The first-order valence-corrected chi connectivity index (χ1v) is 8.94. The van der Waals surface area contributed by atoms with Gasteiger partial charge in [-0.3, -0.25) is 4.72 Å². The number of hydrogen-bond donors (Lipinski definition) is 2. The Hall–Kier alpha value is -2.68. The molecule has 1 heterocycles. The highest BCUT2D eigenvalue weighted by molar-refractivity contribution is 7.93. The van der Waals surface area contributed by atoms with E-state index in [0.29, 0.717) is 30.6 Å². The summed E-state index contributed by atoms with van der Waals surface area (Å²) in [5, 5.41) is 16.1. The number of allylic oxidation sites excluding steroid dienone is 1. The number of benzene rings is 1. The van der Waals surface area contributed by atoms with Crippen LogP contribution in [0.15, 0.2) is 48.3 Å². The van der Waals surface area contributed by atoms with Gasteiger partial charge in [-0.2, -0.15) is 15.0 Å². The minimum atomic E-state index is -3.83. The summed E-state index contributed by atoms with van der Waals surface area (Å²) in [7, 11) is -3.83. The molecule has 0 fully saturated rings. The smallest absolute Gasteiger partial charge is 0.332 e. The van der Waals surface area contributed by atoms with Gasteiger partial charge in [-0.15, -0.1) is 0 Å². The molecule has 0 bridgehead atoms. The van der Waals surface area contributed by atoms with Crippen molar-refractivity contribution in [2.24, 2.45) is 0 Å². The molecule has 1 aliphatic rings. The molecular weight excluding hydrogens is 332 g/mol. The second-order valence-corrected chi connectivity index (χ2v) is 7.26. The third-order valence-corrected chi connectivity index (χ3v) is 5.54. The van der Waals surface area contributed by atoms with E-state index in [0.717, 1.165) is 0 Å². The van der Waals surface area contributed by atoms with Crippen LogP contribution in [0.3, 0.4) is 0 Å². The number of nitrogens with one attached hydrogen (secondary N) is 1. The van der Waals surface area contributed by atoms with Crippen LogP contribution in [0, 0.1) is 0 Å². The molecule has 2 aromatic rings. The molecule has 1 aliphatic carbocycles. The first-order valence-electron chi connectivity index (χ1n) is 7.39. The van der Waals surface area contributed by atoms with E-state index in [1.807, 2.05) is 0 Å². The van der Waals surface area contributed by atoms with Crippen LogP contribution >= 0.6 is 0 Å². The van der Waals surface area contributed by atoms with Gasteiger partial charge < -0.3 is 5.11 Å². The van der Waals surface area contributed by atoms with Gasteiger partial charge in [-0.1, -0.05) is 6.08 Å². The fourth-order valence-corrected chi connectivity index (χ4v) is 4.26. The molecule has 0 spiro atoms. The summed E-state index contributed by atoms with van der Waals surface area (Å²) in [6, 6.07) is 6.52. The lowest BCUT2D eigenvalue weighted by Gasteiger charge is -2.22. The second kappa shape index (κ2) is 6.44. The highest BCUT2D eigenvalue weighted by Crippen LogP contribution is 2.26. The predicted octanol–water partition coefficient (Wildman–Crippen LogP) is 1.57. The van der Waals surface area contributed by atoms with E-state index in [2.05, 4.69) is 14.9 Å². The van der Waals surface area contributed by atoms with Crippen molar-refractivity contribution in [1.29, 1.82) is 0 Å². The number of nitrogens with zero attached hydrogens (tertiary/aromatic N) is 3. The summed E-state index contributed by atoms with van der Waals surface area (Å²) in [4.78, 5) is 12.7. The fourth-order valence-electron chi connectivity index (χ4n) is 2.64. The zero-order chi connectivity index (χ0) is 17.2. The monoisotopic (exact) mass is 348 g/mol. The molecule has 0 saturated carbocycles. The Labute approximate surface area is 138 Å². The Balaban J connectivity index is 1.80. The first-order chi connectivity index (χ1) is 11.5. The average molecular weight is 348 g/mol. The van der Waals surface area contributed by atoms with Gasteiger partial charge in [0.05, 0.1) is 23.7 Å². The molecule has 1 aromatic carbocycles. The van der Waals surface area contributed by atoms with Crippen molar-refractivity contribution in [3.05, 3.63) is 48.3 Å². The lowest BCUT2D eigenvalue weighted by atomic mass is 9.99. The number of aliphatic carboxylic acids is 1. The summed E-state index contributed by atoms with van der Waals surface area (Å²) >= 11 is 0. The molecule has 0 aliphatic heterocycles. The number of anilines is 1. The minimum Gasteiger partial charge on any atom is -0.478 e. The topological polar surface area (TPSA) is 114 Å². The van der Waals surface area contributed by atoms with Crippen LogP contribution in [-0.2, 0) is 14.8 Å². The van der Waals surface area contributed by atoms with Gasteiger partial charge in [0.25, 0.3) is 0 Å². The molecule has 3 rings (SSSR count). The number of sulfonamides is 1. The largest absolute Gasteiger partial charge is 0.478 e. The Bertz CT molecular complexity index is 857. The van der Waals surface area contributed by atoms with Crippen molar-refractivity contribution in [2.75, 3.05) is 4.72 Å². The third-order valence-electron chi connectivity index (χ3n) is 3.78. The van der Waals surface area contributed by atoms with E-state index in [1.165, 1.54) is 10.9 Å². The lowest BCUT2D eigenvalue weighted by molar-refractivity contribution is -0.132. The molecule has 2 N–H and O–H groups in total. The number of carboxylic acid groups (broad SMARTS) is 1. The zero-order valence-corrected chi connectivity index (χ0v) is 13.5. The highest BCUT2D eigenvalue weighted by Gasteiger charge is 2.34. The van der Waals surface area contributed by atoms with Crippen molar-refractivity contribution >= 4 is 21.7 Å². The molecule has 1 unspecified atom stereocenters. The lowest BCUT2D eigenvalue weighted by Crippen LogP contribution is -2.34. The van der Waals surface area contributed by atoms with E-state index >= 15 is 0 Å².